The molecule has 1 aromatic carbocycles. The van der Waals surface area contributed by atoms with Crippen molar-refractivity contribution in [3.8, 4) is 0 Å². The van der Waals surface area contributed by atoms with E-state index in [1.165, 1.54) is 6.92 Å². The maximum atomic E-state index is 12.3. The van der Waals surface area contributed by atoms with E-state index in [1.54, 1.807) is 6.92 Å². The van der Waals surface area contributed by atoms with Crippen molar-refractivity contribution in [2.45, 2.75) is 18.7 Å². The second-order valence-corrected chi connectivity index (χ2v) is 5.95. The summed E-state index contributed by atoms with van der Waals surface area (Å²) < 4.78 is 25.3. The number of aromatic nitrogens is 2. The van der Waals surface area contributed by atoms with E-state index in [9.17, 15) is 23.3 Å². The molecule has 1 aromatic heterocycles. The molecule has 2 rings (SSSR count). The van der Waals surface area contributed by atoms with Gasteiger partial charge in [0.15, 0.2) is 0 Å². The lowest BCUT2D eigenvalue weighted by molar-refractivity contribution is -0.384. The monoisotopic (exact) mass is 297 g/mol. The fraction of sp³-hybridized carbons (Fsp3) is 0.182. The van der Waals surface area contributed by atoms with Crippen LogP contribution < -0.4 is 5.69 Å². The smallest absolute Gasteiger partial charge is 0.309 e. The third-order valence-corrected chi connectivity index (χ3v) is 4.70. The lowest BCUT2D eigenvalue weighted by Crippen LogP contribution is -2.26. The lowest BCUT2D eigenvalue weighted by atomic mass is 10.3. The molecule has 0 saturated carbocycles. The number of benzene rings is 1. The van der Waals surface area contributed by atoms with E-state index in [0.29, 0.717) is 9.67 Å². The van der Waals surface area contributed by atoms with Crippen molar-refractivity contribution in [2.75, 3.05) is 0 Å². The van der Waals surface area contributed by atoms with Crippen molar-refractivity contribution < 1.29 is 13.3 Å². The van der Waals surface area contributed by atoms with Gasteiger partial charge in [0.2, 0.25) is 0 Å². The van der Waals surface area contributed by atoms with Crippen LogP contribution in [0, 0.1) is 24.0 Å². The molecule has 0 saturated heterocycles. The number of nitro groups is 1. The minimum atomic E-state index is -4.07. The molecule has 0 aliphatic rings. The number of nitrogens with zero attached hydrogens (tertiary/aromatic N) is 2. The van der Waals surface area contributed by atoms with Crippen molar-refractivity contribution in [3.05, 3.63) is 56.3 Å². The first-order valence-electron chi connectivity index (χ1n) is 5.53. The molecule has 0 bridgehead atoms. The highest BCUT2D eigenvalue weighted by atomic mass is 32.2. The van der Waals surface area contributed by atoms with Crippen LogP contribution >= 0.6 is 0 Å². The van der Waals surface area contributed by atoms with E-state index in [1.807, 2.05) is 0 Å². The summed E-state index contributed by atoms with van der Waals surface area (Å²) in [6.07, 6.45) is 0. The molecule has 1 N–H and O–H groups in total. The number of hydrogen-bond donors (Lipinski definition) is 1. The fourth-order valence-electron chi connectivity index (χ4n) is 1.74. The van der Waals surface area contributed by atoms with Gasteiger partial charge < -0.3 is 4.98 Å². The van der Waals surface area contributed by atoms with Crippen LogP contribution in [-0.4, -0.2) is 22.3 Å². The van der Waals surface area contributed by atoms with Gasteiger partial charge in [-0.1, -0.05) is 0 Å². The number of hydrogen-bond acceptors (Lipinski definition) is 5. The average Bonchev–Trinajstić information content (AvgIpc) is 2.63. The minimum absolute atomic E-state index is 0.188. The Morgan fingerprint density at radius 1 is 1.20 bits per heavy atom. The molecule has 2 aromatic rings. The van der Waals surface area contributed by atoms with Crippen molar-refractivity contribution in [1.29, 1.82) is 0 Å². The first-order chi connectivity index (χ1) is 9.25. The van der Waals surface area contributed by atoms with Crippen molar-refractivity contribution >= 4 is 15.7 Å². The molecule has 0 atom stereocenters. The van der Waals surface area contributed by atoms with Gasteiger partial charge in [0.1, 0.15) is 0 Å². The van der Waals surface area contributed by atoms with Gasteiger partial charge in [0.25, 0.3) is 15.7 Å². The molecule has 20 heavy (non-hydrogen) atoms. The highest BCUT2D eigenvalue weighted by Crippen LogP contribution is 2.18. The zero-order valence-corrected chi connectivity index (χ0v) is 11.5. The Labute approximate surface area is 113 Å². The van der Waals surface area contributed by atoms with Crippen molar-refractivity contribution in [1.82, 2.24) is 8.96 Å². The number of nitrogens with one attached hydrogen (secondary N) is 1. The van der Waals surface area contributed by atoms with Gasteiger partial charge in [0.05, 0.1) is 15.5 Å². The molecule has 0 fully saturated rings. The normalized spacial score (nSPS) is 11.5. The lowest BCUT2D eigenvalue weighted by Gasteiger charge is -2.06. The van der Waals surface area contributed by atoms with E-state index >= 15 is 0 Å². The van der Waals surface area contributed by atoms with Crippen LogP contribution in [0.1, 0.15) is 11.4 Å². The molecule has 0 amide bonds. The number of non-ortho nitro benzene ring substituents is 1. The van der Waals surface area contributed by atoms with Gasteiger partial charge in [-0.25, -0.2) is 13.2 Å². The van der Waals surface area contributed by atoms with Gasteiger partial charge in [0, 0.05) is 17.8 Å². The molecule has 0 aliphatic heterocycles. The first-order valence-corrected chi connectivity index (χ1v) is 6.97. The summed E-state index contributed by atoms with van der Waals surface area (Å²) in [5.41, 5.74) is -0.273. The van der Waals surface area contributed by atoms with Crippen molar-refractivity contribution in [2.24, 2.45) is 0 Å². The van der Waals surface area contributed by atoms with Gasteiger partial charge in [-0.3, -0.25) is 10.1 Å². The quantitative estimate of drug-likeness (QED) is 0.668. The van der Waals surface area contributed by atoms with Gasteiger partial charge in [-0.2, -0.15) is 3.97 Å². The van der Waals surface area contributed by atoms with Crippen LogP contribution in [0.2, 0.25) is 0 Å². The summed E-state index contributed by atoms with van der Waals surface area (Å²) in [5.74, 6) is 0. The molecule has 1 heterocycles. The summed E-state index contributed by atoms with van der Waals surface area (Å²) in [6.45, 7) is 3.08. The summed E-state index contributed by atoms with van der Waals surface area (Å²) in [7, 11) is -4.07. The number of aryl methyl sites for hydroxylation is 1. The zero-order valence-electron chi connectivity index (χ0n) is 10.7. The Balaban J connectivity index is 2.61. The van der Waals surface area contributed by atoms with Crippen molar-refractivity contribution in [3.63, 3.8) is 0 Å². The Kier molecular flexibility index (Phi) is 3.22. The van der Waals surface area contributed by atoms with Crippen LogP contribution in [0.15, 0.2) is 34.0 Å². The molecule has 0 radical (unpaired) electrons. The molecule has 0 spiro atoms. The predicted molar refractivity (Wildman–Crippen MR) is 70.2 cm³/mol. The van der Waals surface area contributed by atoms with Crippen LogP contribution in [0.5, 0.6) is 0 Å². The van der Waals surface area contributed by atoms with E-state index in [-0.39, 0.29) is 16.3 Å². The highest BCUT2D eigenvalue weighted by molar-refractivity contribution is 7.90. The average molecular weight is 297 g/mol. The standard InChI is InChI=1S/C11H11N3O5S/c1-7-8(2)13(11(15)12-7)20(18,19)10-5-3-9(4-6-10)14(16)17/h3-6H,1-2H3,(H,12,15). The molecular formula is C11H11N3O5S. The first kappa shape index (κ1) is 14.0. The highest BCUT2D eigenvalue weighted by Gasteiger charge is 2.23. The third-order valence-electron chi connectivity index (χ3n) is 2.91. The minimum Gasteiger partial charge on any atom is -0.309 e. The van der Waals surface area contributed by atoms with Crippen LogP contribution in [0.25, 0.3) is 0 Å². The van der Waals surface area contributed by atoms with Gasteiger partial charge in [-0.05, 0) is 26.0 Å². The molecule has 8 nitrogen and oxygen atoms in total. The zero-order chi connectivity index (χ0) is 15.1. The van der Waals surface area contributed by atoms with Gasteiger partial charge in [-0.15, -0.1) is 0 Å². The maximum Gasteiger partial charge on any atom is 0.340 e. The summed E-state index contributed by atoms with van der Waals surface area (Å²) >= 11 is 0. The number of H-pyrrole nitrogens is 1. The number of imidazole rings is 1. The summed E-state index contributed by atoms with van der Waals surface area (Å²) in [5, 5.41) is 10.5. The Morgan fingerprint density at radius 3 is 2.15 bits per heavy atom. The second-order valence-electron chi connectivity index (χ2n) is 4.16. The largest absolute Gasteiger partial charge is 0.340 e. The predicted octanol–water partition coefficient (Wildman–Crippen LogP) is 0.938. The Bertz CT molecular complexity index is 830. The second kappa shape index (κ2) is 4.60. The summed E-state index contributed by atoms with van der Waals surface area (Å²) in [4.78, 5) is 23.8. The van der Waals surface area contributed by atoms with Crippen LogP contribution in [0.4, 0.5) is 5.69 Å². The number of nitro benzene ring substituents is 1. The maximum absolute atomic E-state index is 12.3. The van der Waals surface area contributed by atoms with E-state index < -0.39 is 20.6 Å². The van der Waals surface area contributed by atoms with E-state index in [4.69, 9.17) is 0 Å². The fourth-order valence-corrected chi connectivity index (χ4v) is 3.19. The van der Waals surface area contributed by atoms with E-state index in [2.05, 4.69) is 4.98 Å². The topological polar surface area (TPSA) is 115 Å². The molecule has 9 heteroatoms. The SMILES string of the molecule is Cc1[nH]c(=O)n(S(=O)(=O)c2ccc([N+](=O)[O-])cc2)c1C. The number of rotatable bonds is 3. The Morgan fingerprint density at radius 2 is 1.75 bits per heavy atom. The molecule has 106 valence electrons. The number of aromatic amines is 1. The molecule has 0 aliphatic carbocycles. The Hall–Kier alpha value is -2.42. The molecular weight excluding hydrogens is 286 g/mol. The third kappa shape index (κ3) is 2.11. The molecule has 0 unspecified atom stereocenters. The van der Waals surface area contributed by atoms with E-state index in [0.717, 1.165) is 24.3 Å². The van der Waals surface area contributed by atoms with Gasteiger partial charge >= 0.3 is 5.69 Å². The van der Waals surface area contributed by atoms with Crippen LogP contribution in [-0.2, 0) is 10.0 Å². The summed E-state index contributed by atoms with van der Waals surface area (Å²) in [6, 6.07) is 4.35. The van der Waals surface area contributed by atoms with Crippen LogP contribution in [0.3, 0.4) is 0 Å².